The van der Waals surface area contributed by atoms with E-state index in [1.165, 1.54) is 7.05 Å². The number of aryl methyl sites for hydroxylation is 1. The molecule has 13 heavy (non-hydrogen) atoms. The Morgan fingerprint density at radius 3 is 2.62 bits per heavy atom. The van der Waals surface area contributed by atoms with Crippen molar-refractivity contribution in [2.45, 2.75) is 5.38 Å². The van der Waals surface area contributed by atoms with E-state index in [4.69, 9.17) is 17.3 Å². The van der Waals surface area contributed by atoms with E-state index in [2.05, 4.69) is 5.10 Å². The normalized spacial score (nSPS) is 11.7. The van der Waals surface area contributed by atoms with Gasteiger partial charge in [0.1, 0.15) is 0 Å². The second-order valence-corrected chi connectivity index (χ2v) is 2.90. The summed E-state index contributed by atoms with van der Waals surface area (Å²) in [4.78, 5) is 10.7. The van der Waals surface area contributed by atoms with E-state index in [1.54, 1.807) is 0 Å². The van der Waals surface area contributed by atoms with Gasteiger partial charge in [-0.3, -0.25) is 9.48 Å². The van der Waals surface area contributed by atoms with Gasteiger partial charge in [0.15, 0.2) is 5.69 Å². The smallest absolute Gasteiger partial charge is 0.365 e. The summed E-state index contributed by atoms with van der Waals surface area (Å²) in [7, 11) is 1.39. The molecule has 0 aliphatic rings. The van der Waals surface area contributed by atoms with Crippen LogP contribution in [0.1, 0.15) is 16.1 Å². The summed E-state index contributed by atoms with van der Waals surface area (Å²) in [6.07, 6.45) is 1.09. The second kappa shape index (κ2) is 2.95. The zero-order chi connectivity index (χ0) is 10.2. The topological polar surface area (TPSA) is 60.9 Å². The van der Waals surface area contributed by atoms with Crippen LogP contribution in [-0.2, 0) is 12.4 Å². The lowest BCUT2D eigenvalue weighted by Gasteiger charge is -2.04. The van der Waals surface area contributed by atoms with Crippen LogP contribution in [0, 0.1) is 0 Å². The highest BCUT2D eigenvalue weighted by Gasteiger charge is 2.35. The van der Waals surface area contributed by atoms with Crippen molar-refractivity contribution in [2.75, 3.05) is 0 Å². The molecule has 0 saturated heterocycles. The molecule has 0 fully saturated rings. The molecule has 0 unspecified atom stereocenters. The van der Waals surface area contributed by atoms with E-state index in [0.717, 1.165) is 10.9 Å². The van der Waals surface area contributed by atoms with Gasteiger partial charge in [0.2, 0.25) is 0 Å². The summed E-state index contributed by atoms with van der Waals surface area (Å²) >= 11 is 4.70. The van der Waals surface area contributed by atoms with Crippen LogP contribution in [-0.4, -0.2) is 15.7 Å². The van der Waals surface area contributed by atoms with Gasteiger partial charge in [0.25, 0.3) is 5.91 Å². The zero-order valence-corrected chi connectivity index (χ0v) is 7.35. The summed E-state index contributed by atoms with van der Waals surface area (Å²) in [6.45, 7) is 0. The van der Waals surface area contributed by atoms with Gasteiger partial charge < -0.3 is 5.73 Å². The number of amides is 1. The maximum atomic E-state index is 12.6. The first-order valence-electron chi connectivity index (χ1n) is 3.23. The Morgan fingerprint density at radius 1 is 1.77 bits per heavy atom. The third-order valence-electron chi connectivity index (χ3n) is 1.36. The summed E-state index contributed by atoms with van der Waals surface area (Å²) in [5.41, 5.74) is 3.65. The van der Waals surface area contributed by atoms with Crippen LogP contribution in [0.3, 0.4) is 0 Å². The van der Waals surface area contributed by atoms with Crippen molar-refractivity contribution in [3.8, 4) is 0 Å². The number of carbonyl (C=O) groups is 1. The van der Waals surface area contributed by atoms with Crippen molar-refractivity contribution < 1.29 is 13.6 Å². The fraction of sp³-hybridized carbons (Fsp3) is 0.333. The summed E-state index contributed by atoms with van der Waals surface area (Å²) in [5.74, 6) is -0.983. The van der Waals surface area contributed by atoms with Gasteiger partial charge in [-0.15, -0.1) is 0 Å². The molecule has 0 aliphatic carbocycles. The fourth-order valence-electron chi connectivity index (χ4n) is 0.878. The molecule has 0 saturated carbocycles. The van der Waals surface area contributed by atoms with E-state index in [9.17, 15) is 13.6 Å². The minimum Gasteiger partial charge on any atom is -0.365 e. The maximum Gasteiger partial charge on any atom is 0.367 e. The lowest BCUT2D eigenvalue weighted by atomic mass is 10.2. The van der Waals surface area contributed by atoms with Crippen LogP contribution in [0.25, 0.3) is 0 Å². The van der Waals surface area contributed by atoms with Crippen molar-refractivity contribution in [3.63, 3.8) is 0 Å². The monoisotopic (exact) mass is 209 g/mol. The molecule has 1 aromatic heterocycles. The number of carbonyl (C=O) groups excluding carboxylic acids is 1. The fourth-order valence-corrected chi connectivity index (χ4v) is 1.02. The molecule has 1 rings (SSSR count). The average molecular weight is 210 g/mol. The van der Waals surface area contributed by atoms with E-state index >= 15 is 0 Å². The van der Waals surface area contributed by atoms with Crippen LogP contribution in [0.4, 0.5) is 8.78 Å². The number of alkyl halides is 3. The van der Waals surface area contributed by atoms with Crippen LogP contribution in [0.15, 0.2) is 6.20 Å². The number of hydrogen-bond acceptors (Lipinski definition) is 2. The highest BCUT2D eigenvalue weighted by Crippen LogP contribution is 2.32. The Labute approximate surface area is 77.3 Å². The van der Waals surface area contributed by atoms with Crippen molar-refractivity contribution >= 4 is 17.5 Å². The third-order valence-corrected chi connectivity index (χ3v) is 1.54. The van der Waals surface area contributed by atoms with Crippen LogP contribution in [0.2, 0.25) is 0 Å². The van der Waals surface area contributed by atoms with Crippen LogP contribution < -0.4 is 5.73 Å². The Hall–Kier alpha value is -1.17. The molecule has 0 aromatic carbocycles. The first-order chi connectivity index (χ1) is 5.82. The quantitative estimate of drug-likeness (QED) is 0.733. The molecular weight excluding hydrogens is 204 g/mol. The summed E-state index contributed by atoms with van der Waals surface area (Å²) in [6, 6.07) is 0. The van der Waals surface area contributed by atoms with E-state index in [0.29, 0.717) is 0 Å². The lowest BCUT2D eigenvalue weighted by Crippen LogP contribution is -2.16. The Morgan fingerprint density at radius 2 is 2.31 bits per heavy atom. The number of nitrogens with zero attached hydrogens (tertiary/aromatic N) is 2. The second-order valence-electron chi connectivity index (χ2n) is 2.43. The van der Waals surface area contributed by atoms with Gasteiger partial charge in [-0.1, -0.05) is 0 Å². The number of primary amides is 1. The molecule has 4 nitrogen and oxygen atoms in total. The Kier molecular flexibility index (Phi) is 2.25. The van der Waals surface area contributed by atoms with Crippen molar-refractivity contribution in [1.29, 1.82) is 0 Å². The predicted octanol–water partition coefficient (Wildman–Crippen LogP) is 0.807. The molecule has 72 valence electrons. The molecular formula is C6H6ClF2N3O. The molecule has 0 radical (unpaired) electrons. The molecule has 0 bridgehead atoms. The zero-order valence-electron chi connectivity index (χ0n) is 6.59. The number of aromatic nitrogens is 2. The van der Waals surface area contributed by atoms with Gasteiger partial charge in [-0.05, 0) is 11.6 Å². The van der Waals surface area contributed by atoms with Crippen LogP contribution >= 0.6 is 11.6 Å². The number of halogens is 3. The third kappa shape index (κ3) is 1.95. The summed E-state index contributed by atoms with van der Waals surface area (Å²) in [5, 5.41) is -0.338. The predicted molar refractivity (Wildman–Crippen MR) is 41.5 cm³/mol. The molecule has 1 heterocycles. The van der Waals surface area contributed by atoms with Crippen molar-refractivity contribution in [2.24, 2.45) is 12.8 Å². The molecule has 7 heteroatoms. The van der Waals surface area contributed by atoms with E-state index < -0.39 is 17.0 Å². The SMILES string of the molecule is Cn1cc(C(N)=O)c(C(F)(F)Cl)n1. The minimum absolute atomic E-state index is 0.373. The Bertz CT molecular complexity index is 344. The first kappa shape index (κ1) is 9.91. The van der Waals surface area contributed by atoms with Gasteiger partial charge in [-0.25, -0.2) is 0 Å². The largest absolute Gasteiger partial charge is 0.367 e. The molecule has 0 aliphatic heterocycles. The Balaban J connectivity index is 3.28. The van der Waals surface area contributed by atoms with Gasteiger partial charge in [0.05, 0.1) is 5.56 Å². The minimum atomic E-state index is -3.67. The number of nitrogens with two attached hydrogens (primary N) is 1. The average Bonchev–Trinajstić information content (AvgIpc) is 2.29. The lowest BCUT2D eigenvalue weighted by molar-refractivity contribution is 0.0843. The van der Waals surface area contributed by atoms with E-state index in [-0.39, 0.29) is 5.56 Å². The van der Waals surface area contributed by atoms with Crippen LogP contribution in [0.5, 0.6) is 0 Å². The molecule has 1 aromatic rings. The highest BCUT2D eigenvalue weighted by molar-refractivity contribution is 6.22. The van der Waals surface area contributed by atoms with Gasteiger partial charge in [0, 0.05) is 13.2 Å². The molecule has 2 N–H and O–H groups in total. The van der Waals surface area contributed by atoms with E-state index in [1.807, 2.05) is 0 Å². The number of hydrogen-bond donors (Lipinski definition) is 1. The molecule has 1 amide bonds. The number of rotatable bonds is 2. The molecule has 0 spiro atoms. The standard InChI is InChI=1S/C6H6ClF2N3O/c1-12-2-3(5(10)13)4(11-12)6(7,8)9/h2H,1H3,(H2,10,13). The van der Waals surface area contributed by atoms with Crippen molar-refractivity contribution in [3.05, 3.63) is 17.5 Å². The first-order valence-corrected chi connectivity index (χ1v) is 3.61. The van der Waals surface area contributed by atoms with Crippen molar-refractivity contribution in [1.82, 2.24) is 9.78 Å². The summed E-state index contributed by atoms with van der Waals surface area (Å²) < 4.78 is 26.2. The molecule has 0 atom stereocenters. The van der Waals surface area contributed by atoms with Gasteiger partial charge in [-0.2, -0.15) is 13.9 Å². The van der Waals surface area contributed by atoms with Gasteiger partial charge >= 0.3 is 5.38 Å². The highest BCUT2D eigenvalue weighted by atomic mass is 35.5. The maximum absolute atomic E-state index is 12.6.